The molecule has 2 heterocycles. The molecule has 1 saturated heterocycles. The minimum absolute atomic E-state index is 0.0587. The number of likely N-dealkylation sites (tertiary alicyclic amines) is 1. The molecular formula is C28H34F6N4O3. The minimum Gasteiger partial charge on any atom is -0.481 e. The first kappa shape index (κ1) is 30.9. The molecule has 1 saturated carbocycles. The molecule has 13 heteroatoms. The van der Waals surface area contributed by atoms with Crippen LogP contribution in [-0.2, 0) is 11.0 Å². The van der Waals surface area contributed by atoms with Gasteiger partial charge in [-0.15, -0.1) is 0 Å². The molecule has 2 aromatic rings. The second-order valence-corrected chi connectivity index (χ2v) is 11.1. The average Bonchev–Trinajstić information content (AvgIpc) is 3.57. The third-order valence-corrected chi connectivity index (χ3v) is 8.30. The van der Waals surface area contributed by atoms with E-state index in [1.54, 1.807) is 0 Å². The highest BCUT2D eigenvalue weighted by molar-refractivity contribution is 5.94. The minimum atomic E-state index is -4.64. The van der Waals surface area contributed by atoms with Crippen LogP contribution >= 0.6 is 0 Å². The molecule has 0 radical (unpaired) electrons. The van der Waals surface area contributed by atoms with E-state index < -0.39 is 47.8 Å². The fraction of sp³-hybridized carbons (Fsp3) is 0.607. The van der Waals surface area contributed by atoms with Gasteiger partial charge in [-0.05, 0) is 64.1 Å². The number of hydrogen-bond acceptors (Lipinski definition) is 4. The molecule has 2 N–H and O–H groups in total. The molecular weight excluding hydrogens is 554 g/mol. The molecule has 0 unspecified atom stereocenters. The zero-order valence-electron chi connectivity index (χ0n) is 22.7. The number of carbonyl (C=O) groups is 2. The van der Waals surface area contributed by atoms with Crippen LogP contribution in [0.4, 0.5) is 26.3 Å². The van der Waals surface area contributed by atoms with Crippen LogP contribution in [0, 0.1) is 0 Å². The van der Waals surface area contributed by atoms with Crippen LogP contribution in [0.5, 0.6) is 0 Å². The number of nitrogens with one attached hydrogen (secondary N) is 1. The summed E-state index contributed by atoms with van der Waals surface area (Å²) in [4.78, 5) is 26.1. The maximum atomic E-state index is 13.9. The monoisotopic (exact) mass is 588 g/mol. The summed E-state index contributed by atoms with van der Waals surface area (Å²) in [7, 11) is 0. The van der Waals surface area contributed by atoms with Gasteiger partial charge in [-0.3, -0.25) is 19.2 Å². The van der Waals surface area contributed by atoms with Crippen molar-refractivity contribution in [2.24, 2.45) is 0 Å². The van der Waals surface area contributed by atoms with Crippen molar-refractivity contribution < 1.29 is 41.0 Å². The van der Waals surface area contributed by atoms with Crippen molar-refractivity contribution >= 4 is 11.9 Å². The van der Waals surface area contributed by atoms with Gasteiger partial charge in [0.1, 0.15) is 5.54 Å². The molecule has 1 aromatic heterocycles. The Morgan fingerprint density at radius 2 is 1.78 bits per heavy atom. The van der Waals surface area contributed by atoms with Crippen LogP contribution in [0.3, 0.4) is 0 Å². The van der Waals surface area contributed by atoms with E-state index in [0.717, 1.165) is 25.8 Å². The van der Waals surface area contributed by atoms with Crippen LogP contribution in [0.25, 0.3) is 11.3 Å². The largest absolute Gasteiger partial charge is 0.481 e. The molecule has 226 valence electrons. The van der Waals surface area contributed by atoms with Crippen LogP contribution in [0.2, 0.25) is 0 Å². The van der Waals surface area contributed by atoms with E-state index in [1.807, 2.05) is 0 Å². The zero-order valence-corrected chi connectivity index (χ0v) is 22.7. The second kappa shape index (κ2) is 12.0. The van der Waals surface area contributed by atoms with Gasteiger partial charge in [-0.1, -0.05) is 31.0 Å². The van der Waals surface area contributed by atoms with Crippen LogP contribution in [0.1, 0.15) is 86.8 Å². The summed E-state index contributed by atoms with van der Waals surface area (Å²) in [6, 6.07) is 5.06. The predicted octanol–water partition coefficient (Wildman–Crippen LogP) is 6.45. The number of piperidine rings is 1. The number of rotatable bonds is 9. The smallest absolute Gasteiger partial charge is 0.417 e. The molecule has 0 spiro atoms. The number of alkyl halides is 6. The highest BCUT2D eigenvalue weighted by Gasteiger charge is 2.55. The Balaban J connectivity index is 1.59. The molecule has 41 heavy (non-hydrogen) atoms. The Morgan fingerprint density at radius 3 is 2.41 bits per heavy atom. The summed E-state index contributed by atoms with van der Waals surface area (Å²) < 4.78 is 84.5. The summed E-state index contributed by atoms with van der Waals surface area (Å²) in [5.74, 6) is -2.04. The van der Waals surface area contributed by atoms with Crippen molar-refractivity contribution in [1.82, 2.24) is 20.0 Å². The molecule has 4 rings (SSSR count). The van der Waals surface area contributed by atoms with Crippen molar-refractivity contribution in [3.8, 4) is 11.3 Å². The number of hydrogen-bond donors (Lipinski definition) is 2. The van der Waals surface area contributed by atoms with Gasteiger partial charge in [0.15, 0.2) is 5.69 Å². The topological polar surface area (TPSA) is 87.5 Å². The van der Waals surface area contributed by atoms with E-state index in [0.29, 0.717) is 25.7 Å². The Kier molecular flexibility index (Phi) is 9.05. The fourth-order valence-corrected chi connectivity index (χ4v) is 5.95. The summed E-state index contributed by atoms with van der Waals surface area (Å²) in [6.07, 6.45) is -5.71. The maximum Gasteiger partial charge on any atom is 0.417 e. The Labute approximate surface area is 233 Å². The molecule has 2 aliphatic rings. The first-order valence-electron chi connectivity index (χ1n) is 13.8. The lowest BCUT2D eigenvalue weighted by Crippen LogP contribution is -2.59. The van der Waals surface area contributed by atoms with Gasteiger partial charge >= 0.3 is 18.3 Å². The summed E-state index contributed by atoms with van der Waals surface area (Å²) in [5.41, 5.74) is -3.11. The van der Waals surface area contributed by atoms with E-state index in [4.69, 9.17) is 0 Å². The van der Waals surface area contributed by atoms with Gasteiger partial charge in [0.05, 0.1) is 23.7 Å². The van der Waals surface area contributed by atoms with Crippen molar-refractivity contribution in [1.29, 1.82) is 0 Å². The molecule has 7 nitrogen and oxygen atoms in total. The number of benzene rings is 1. The Bertz CT molecular complexity index is 1240. The van der Waals surface area contributed by atoms with E-state index in [9.17, 15) is 41.0 Å². The van der Waals surface area contributed by atoms with Crippen molar-refractivity contribution in [3.05, 3.63) is 41.6 Å². The van der Waals surface area contributed by atoms with Gasteiger partial charge < -0.3 is 10.4 Å². The number of nitrogens with zero attached hydrogens (tertiary/aromatic N) is 3. The molecule has 1 aromatic carbocycles. The SMILES string of the molecule is C[C@]1(C(F)(F)F)CCCCN1CC[C@@H](CC(=O)O)NC(=O)c1cc(-c2ccccc2C(F)(F)F)n(C2CCCC2)n1. The molecule has 2 fully saturated rings. The normalized spacial score (nSPS) is 21.6. The van der Waals surface area contributed by atoms with Gasteiger partial charge in [0, 0.05) is 18.2 Å². The van der Waals surface area contributed by atoms with Gasteiger partial charge in [-0.2, -0.15) is 31.4 Å². The Morgan fingerprint density at radius 1 is 1.10 bits per heavy atom. The third-order valence-electron chi connectivity index (χ3n) is 8.30. The van der Waals surface area contributed by atoms with Crippen molar-refractivity contribution in [2.75, 3.05) is 13.1 Å². The van der Waals surface area contributed by atoms with Crippen LogP contribution < -0.4 is 5.32 Å². The summed E-state index contributed by atoms with van der Waals surface area (Å²) >= 11 is 0. The number of carbonyl (C=O) groups excluding carboxylic acids is 1. The number of halogens is 6. The first-order chi connectivity index (χ1) is 19.2. The zero-order chi connectivity index (χ0) is 30.0. The molecule has 1 amide bonds. The standard InChI is InChI=1S/C28H34F6N4O3/c1-26(28(32,33)34)13-6-7-14-37(26)15-12-18(16-24(39)40)35-25(41)22-17-23(38(36-22)19-8-2-3-9-19)20-10-4-5-11-21(20)27(29,30)31/h4-5,10-11,17-19H,2-3,6-9,12-16H2,1H3,(H,35,41)(H,39,40)/t18-,26+/m0/s1. The number of amides is 1. The van der Waals surface area contributed by atoms with Gasteiger partial charge in [-0.25, -0.2) is 0 Å². The number of carboxylic acid groups (broad SMARTS) is 1. The van der Waals surface area contributed by atoms with Crippen molar-refractivity contribution in [3.63, 3.8) is 0 Å². The third kappa shape index (κ3) is 6.87. The summed E-state index contributed by atoms with van der Waals surface area (Å²) in [6.45, 7) is 1.24. The van der Waals surface area contributed by atoms with E-state index in [2.05, 4.69) is 10.4 Å². The van der Waals surface area contributed by atoms with Gasteiger partial charge in [0.25, 0.3) is 5.91 Å². The van der Waals surface area contributed by atoms with Crippen LogP contribution in [0.15, 0.2) is 30.3 Å². The van der Waals surface area contributed by atoms with E-state index >= 15 is 0 Å². The maximum absolute atomic E-state index is 13.9. The van der Waals surface area contributed by atoms with Crippen molar-refractivity contribution in [2.45, 2.75) is 94.7 Å². The quantitative estimate of drug-likeness (QED) is 0.329. The lowest BCUT2D eigenvalue weighted by atomic mass is 9.87. The molecule has 2 atom stereocenters. The highest BCUT2D eigenvalue weighted by atomic mass is 19.4. The van der Waals surface area contributed by atoms with E-state index in [1.165, 1.54) is 33.8 Å². The summed E-state index contributed by atoms with van der Waals surface area (Å²) in [5, 5.41) is 16.3. The van der Waals surface area contributed by atoms with Crippen LogP contribution in [-0.4, -0.2) is 62.5 Å². The molecule has 0 bridgehead atoms. The average molecular weight is 589 g/mol. The van der Waals surface area contributed by atoms with Gasteiger partial charge in [0.2, 0.25) is 0 Å². The second-order valence-electron chi connectivity index (χ2n) is 11.1. The highest BCUT2D eigenvalue weighted by Crippen LogP contribution is 2.42. The Hall–Kier alpha value is -3.09. The van der Waals surface area contributed by atoms with E-state index in [-0.39, 0.29) is 48.9 Å². The number of carboxylic acids is 1. The number of aromatic nitrogens is 2. The molecule has 1 aliphatic heterocycles. The lowest BCUT2D eigenvalue weighted by molar-refractivity contribution is -0.235. The number of aliphatic carboxylic acids is 1. The fourth-order valence-electron chi connectivity index (χ4n) is 5.95. The lowest BCUT2D eigenvalue weighted by Gasteiger charge is -2.46. The predicted molar refractivity (Wildman–Crippen MR) is 138 cm³/mol. The molecule has 1 aliphatic carbocycles. The first-order valence-corrected chi connectivity index (χ1v) is 13.8.